The van der Waals surface area contributed by atoms with E-state index in [1.165, 1.54) is 0 Å². The summed E-state index contributed by atoms with van der Waals surface area (Å²) in [6.07, 6.45) is 0. The van der Waals surface area contributed by atoms with Crippen molar-refractivity contribution in [1.82, 2.24) is 5.32 Å². The molecule has 0 aliphatic carbocycles. The monoisotopic (exact) mass is 390 g/mol. The standard InChI is InChI=1S/C18H19BrN2O3/c1-12-3-4-14(11-16(12)19)18(23)21-15-7-5-13(6-8-15)17(22)20-9-10-24-2/h3-8,11H,9-10H2,1-2H3,(H,20,22)(H,21,23). The number of aryl methyl sites for hydroxylation is 1. The van der Waals surface area contributed by atoms with Gasteiger partial charge in [-0.05, 0) is 48.9 Å². The molecule has 0 radical (unpaired) electrons. The lowest BCUT2D eigenvalue weighted by atomic mass is 10.1. The van der Waals surface area contributed by atoms with Gasteiger partial charge in [-0.3, -0.25) is 9.59 Å². The Morgan fingerprint density at radius 1 is 1.04 bits per heavy atom. The number of amides is 2. The van der Waals surface area contributed by atoms with Crippen molar-refractivity contribution in [3.05, 3.63) is 63.6 Å². The highest BCUT2D eigenvalue weighted by Crippen LogP contribution is 2.18. The Bertz CT molecular complexity index is 730. The van der Waals surface area contributed by atoms with Gasteiger partial charge in [0.05, 0.1) is 6.61 Å². The molecule has 2 aromatic carbocycles. The predicted molar refractivity (Wildman–Crippen MR) is 97.5 cm³/mol. The summed E-state index contributed by atoms with van der Waals surface area (Å²) in [6.45, 7) is 2.88. The maximum Gasteiger partial charge on any atom is 0.255 e. The van der Waals surface area contributed by atoms with Crippen LogP contribution >= 0.6 is 15.9 Å². The summed E-state index contributed by atoms with van der Waals surface area (Å²) in [5.74, 6) is -0.375. The summed E-state index contributed by atoms with van der Waals surface area (Å²) in [7, 11) is 1.58. The molecular formula is C18H19BrN2O3. The van der Waals surface area contributed by atoms with Gasteiger partial charge in [-0.1, -0.05) is 22.0 Å². The molecule has 2 aromatic rings. The summed E-state index contributed by atoms with van der Waals surface area (Å²) in [4.78, 5) is 24.1. The zero-order valence-corrected chi connectivity index (χ0v) is 15.1. The molecule has 0 aliphatic rings. The summed E-state index contributed by atoms with van der Waals surface area (Å²) in [6, 6.07) is 12.2. The maximum absolute atomic E-state index is 12.2. The van der Waals surface area contributed by atoms with Crippen LogP contribution in [0.3, 0.4) is 0 Å². The van der Waals surface area contributed by atoms with Crippen LogP contribution in [-0.2, 0) is 4.74 Å². The molecule has 0 aliphatic heterocycles. The molecule has 0 bridgehead atoms. The first-order valence-electron chi connectivity index (χ1n) is 7.46. The van der Waals surface area contributed by atoms with E-state index >= 15 is 0 Å². The SMILES string of the molecule is COCCNC(=O)c1ccc(NC(=O)c2ccc(C)c(Br)c2)cc1. The minimum atomic E-state index is -0.201. The third-order valence-corrected chi connectivity index (χ3v) is 4.29. The number of anilines is 1. The number of halogens is 1. The third kappa shape index (κ3) is 4.91. The van der Waals surface area contributed by atoms with E-state index in [1.807, 2.05) is 13.0 Å². The molecular weight excluding hydrogens is 372 g/mol. The number of ether oxygens (including phenoxy) is 1. The zero-order chi connectivity index (χ0) is 17.5. The largest absolute Gasteiger partial charge is 0.383 e. The van der Waals surface area contributed by atoms with Crippen molar-refractivity contribution in [3.63, 3.8) is 0 Å². The van der Waals surface area contributed by atoms with E-state index in [9.17, 15) is 9.59 Å². The highest BCUT2D eigenvalue weighted by atomic mass is 79.9. The van der Waals surface area contributed by atoms with Gasteiger partial charge in [0.25, 0.3) is 11.8 Å². The Hall–Kier alpha value is -2.18. The van der Waals surface area contributed by atoms with Gasteiger partial charge in [0, 0.05) is 34.9 Å². The Labute approximate surface area is 149 Å². The molecule has 0 saturated carbocycles. The van der Waals surface area contributed by atoms with Gasteiger partial charge >= 0.3 is 0 Å². The van der Waals surface area contributed by atoms with E-state index in [2.05, 4.69) is 26.6 Å². The fraction of sp³-hybridized carbons (Fsp3) is 0.222. The molecule has 0 unspecified atom stereocenters. The molecule has 24 heavy (non-hydrogen) atoms. The van der Waals surface area contributed by atoms with Crippen molar-refractivity contribution in [2.45, 2.75) is 6.92 Å². The number of carbonyl (C=O) groups is 2. The van der Waals surface area contributed by atoms with Crippen molar-refractivity contribution in [2.24, 2.45) is 0 Å². The van der Waals surface area contributed by atoms with Gasteiger partial charge in [0.1, 0.15) is 0 Å². The average molecular weight is 391 g/mol. The van der Waals surface area contributed by atoms with Gasteiger partial charge in [0.15, 0.2) is 0 Å². The number of carbonyl (C=O) groups excluding carboxylic acids is 2. The number of hydrogen-bond acceptors (Lipinski definition) is 3. The van der Waals surface area contributed by atoms with Crippen molar-refractivity contribution >= 4 is 33.4 Å². The van der Waals surface area contributed by atoms with Gasteiger partial charge in [-0.2, -0.15) is 0 Å². The van der Waals surface area contributed by atoms with Crippen LogP contribution in [0.15, 0.2) is 46.9 Å². The second-order valence-corrected chi connectivity index (χ2v) is 6.10. The molecule has 2 N–H and O–H groups in total. The Kier molecular flexibility index (Phi) is 6.52. The predicted octanol–water partition coefficient (Wildman–Crippen LogP) is 3.39. The third-order valence-electron chi connectivity index (χ3n) is 3.43. The summed E-state index contributed by atoms with van der Waals surface area (Å²) >= 11 is 3.42. The number of benzene rings is 2. The Morgan fingerprint density at radius 2 is 1.71 bits per heavy atom. The second-order valence-electron chi connectivity index (χ2n) is 5.24. The van der Waals surface area contributed by atoms with Crippen molar-refractivity contribution < 1.29 is 14.3 Å². The van der Waals surface area contributed by atoms with Crippen LogP contribution < -0.4 is 10.6 Å². The van der Waals surface area contributed by atoms with Gasteiger partial charge < -0.3 is 15.4 Å². The molecule has 0 heterocycles. The minimum Gasteiger partial charge on any atom is -0.383 e. The molecule has 0 fully saturated rings. The average Bonchev–Trinajstić information content (AvgIpc) is 2.58. The lowest BCUT2D eigenvalue weighted by Gasteiger charge is -2.08. The summed E-state index contributed by atoms with van der Waals surface area (Å²) in [5.41, 5.74) is 2.79. The first-order chi connectivity index (χ1) is 11.5. The first kappa shape index (κ1) is 18.2. The first-order valence-corrected chi connectivity index (χ1v) is 8.25. The highest BCUT2D eigenvalue weighted by Gasteiger charge is 2.09. The number of rotatable bonds is 6. The molecule has 2 amide bonds. The topological polar surface area (TPSA) is 67.4 Å². The zero-order valence-electron chi connectivity index (χ0n) is 13.6. The van der Waals surface area contributed by atoms with Crippen molar-refractivity contribution in [2.75, 3.05) is 25.6 Å². The van der Waals surface area contributed by atoms with Gasteiger partial charge in [-0.25, -0.2) is 0 Å². The molecule has 0 atom stereocenters. The van der Waals surface area contributed by atoms with Crippen LogP contribution in [-0.4, -0.2) is 32.1 Å². The Balaban J connectivity index is 1.99. The Morgan fingerprint density at radius 3 is 2.33 bits per heavy atom. The van der Waals surface area contributed by atoms with E-state index in [4.69, 9.17) is 4.74 Å². The maximum atomic E-state index is 12.2. The van der Waals surface area contributed by atoms with Crippen molar-refractivity contribution in [3.8, 4) is 0 Å². The molecule has 5 nitrogen and oxygen atoms in total. The summed E-state index contributed by atoms with van der Waals surface area (Å²) in [5, 5.41) is 5.55. The minimum absolute atomic E-state index is 0.174. The van der Waals surface area contributed by atoms with Crippen LogP contribution in [0.1, 0.15) is 26.3 Å². The highest BCUT2D eigenvalue weighted by molar-refractivity contribution is 9.10. The van der Waals surface area contributed by atoms with Crippen LogP contribution in [0, 0.1) is 6.92 Å². The van der Waals surface area contributed by atoms with Gasteiger partial charge in [-0.15, -0.1) is 0 Å². The summed E-state index contributed by atoms with van der Waals surface area (Å²) < 4.78 is 5.77. The molecule has 0 spiro atoms. The van der Waals surface area contributed by atoms with Crippen LogP contribution in [0.5, 0.6) is 0 Å². The molecule has 0 aromatic heterocycles. The van der Waals surface area contributed by atoms with Crippen LogP contribution in [0.2, 0.25) is 0 Å². The van der Waals surface area contributed by atoms with E-state index < -0.39 is 0 Å². The van der Waals surface area contributed by atoms with E-state index in [-0.39, 0.29) is 11.8 Å². The van der Waals surface area contributed by atoms with Gasteiger partial charge in [0.2, 0.25) is 0 Å². The normalized spacial score (nSPS) is 10.3. The second kappa shape index (κ2) is 8.61. The molecule has 126 valence electrons. The number of nitrogens with one attached hydrogen (secondary N) is 2. The number of hydrogen-bond donors (Lipinski definition) is 2. The quantitative estimate of drug-likeness (QED) is 0.742. The fourth-order valence-corrected chi connectivity index (χ4v) is 2.39. The van der Waals surface area contributed by atoms with E-state index in [0.717, 1.165) is 10.0 Å². The van der Waals surface area contributed by atoms with E-state index in [0.29, 0.717) is 30.0 Å². The molecule has 0 saturated heterocycles. The lowest BCUT2D eigenvalue weighted by molar-refractivity contribution is 0.0936. The number of methoxy groups -OCH3 is 1. The van der Waals surface area contributed by atoms with Crippen LogP contribution in [0.25, 0.3) is 0 Å². The smallest absolute Gasteiger partial charge is 0.255 e. The molecule has 6 heteroatoms. The lowest BCUT2D eigenvalue weighted by Crippen LogP contribution is -2.26. The van der Waals surface area contributed by atoms with Crippen molar-refractivity contribution in [1.29, 1.82) is 0 Å². The van der Waals surface area contributed by atoms with E-state index in [1.54, 1.807) is 43.5 Å². The fourth-order valence-electron chi connectivity index (χ4n) is 2.01. The molecule has 2 rings (SSSR count). The van der Waals surface area contributed by atoms with Crippen LogP contribution in [0.4, 0.5) is 5.69 Å².